The van der Waals surface area contributed by atoms with E-state index < -0.39 is 0 Å². The van der Waals surface area contributed by atoms with E-state index >= 15 is 0 Å². The van der Waals surface area contributed by atoms with E-state index in [2.05, 4.69) is 12.1 Å². The highest BCUT2D eigenvalue weighted by atomic mass is 14.3. The molecule has 0 fully saturated rings. The van der Waals surface area contributed by atoms with Crippen LogP contribution in [0.3, 0.4) is 0 Å². The van der Waals surface area contributed by atoms with E-state index in [-0.39, 0.29) is 0 Å². The Balaban J connectivity index is 3.20. The van der Waals surface area contributed by atoms with Crippen LogP contribution in [0, 0.1) is 11.3 Å². The summed E-state index contributed by atoms with van der Waals surface area (Å²) in [7, 11) is 0. The average molecular weight is 110 g/mol. The third-order valence-electron chi connectivity index (χ3n) is 0.809. The molecule has 0 aliphatic heterocycles. The largest absolute Gasteiger partial charge is 0.198 e. The highest BCUT2D eigenvalue weighted by molar-refractivity contribution is 4.94. The molecule has 0 aromatic rings. The predicted octanol–water partition coefficient (Wildman–Crippen LogP) is 2.26. The first-order chi connectivity index (χ1) is 3.77. The molecule has 0 rings (SSSR count). The van der Waals surface area contributed by atoms with Crippen molar-refractivity contribution in [3.63, 3.8) is 0 Å². The van der Waals surface area contributed by atoms with Gasteiger partial charge < -0.3 is 0 Å². The molecule has 0 aliphatic rings. The van der Waals surface area contributed by atoms with Crippen LogP contribution in [0.4, 0.5) is 0 Å². The minimum Gasteiger partial charge on any atom is -0.198 e. The van der Waals surface area contributed by atoms with Gasteiger partial charge in [-0.05, 0) is 20.3 Å². The van der Waals surface area contributed by atoms with Crippen LogP contribution in [0.1, 0.15) is 26.7 Å². The minimum atomic E-state index is 0.644. The molecule has 0 aromatic heterocycles. The number of nitriles is 1. The van der Waals surface area contributed by atoms with Crippen LogP contribution >= 0.6 is 0 Å². The molecule has 0 atom stereocenters. The predicted molar refractivity (Wildman–Crippen MR) is 34.3 cm³/mol. The zero-order chi connectivity index (χ0) is 6.41. The fourth-order valence-corrected chi connectivity index (χ4v) is 0.425. The highest BCUT2D eigenvalue weighted by Crippen LogP contribution is 1.94. The number of allylic oxidation sites excluding steroid dienone is 2. The first kappa shape index (κ1) is 7.23. The van der Waals surface area contributed by atoms with Crippen molar-refractivity contribution in [2.75, 3.05) is 0 Å². The Labute approximate surface area is 50.6 Å². The first-order valence-electron chi connectivity index (χ1n) is 2.77. The lowest BCUT2D eigenvalue weighted by molar-refractivity contribution is 1.04. The minimum absolute atomic E-state index is 0.644. The van der Waals surface area contributed by atoms with Gasteiger partial charge in [0.15, 0.2) is 0 Å². The Bertz CT molecular complexity index is 113. The van der Waals surface area contributed by atoms with Gasteiger partial charge >= 0.3 is 0 Å². The van der Waals surface area contributed by atoms with Gasteiger partial charge in [-0.25, -0.2) is 0 Å². The maximum absolute atomic E-state index is 8.10. The van der Waals surface area contributed by atoms with Gasteiger partial charge in [0.2, 0.25) is 0 Å². The quantitative estimate of drug-likeness (QED) is 0.304. The van der Waals surface area contributed by atoms with Crippen molar-refractivity contribution in [2.45, 2.75) is 26.7 Å². The van der Waals surface area contributed by atoms with Crippen molar-refractivity contribution in [1.29, 1.82) is 5.26 Å². The maximum Gasteiger partial charge on any atom is 0.0625 e. The average Bonchev–Trinajstić information content (AvgIpc) is 1.66. The molecule has 1 heteroatoms. The second kappa shape index (κ2) is 4.39. The van der Waals surface area contributed by atoms with Crippen molar-refractivity contribution in [3.05, 3.63) is 11.6 Å². The van der Waals surface area contributed by atoms with E-state index in [1.54, 1.807) is 0 Å². The summed E-state index contributed by atoms with van der Waals surface area (Å²) in [4.78, 5) is 0. The van der Waals surface area contributed by atoms with E-state index in [1.807, 2.05) is 13.8 Å². The summed E-state index contributed by atoms with van der Waals surface area (Å²) >= 11 is 0. The number of rotatable bonds is 2. The Morgan fingerprint density at radius 3 is 2.62 bits per heavy atom. The summed E-state index contributed by atoms with van der Waals surface area (Å²) in [5.74, 6) is 0. The van der Waals surface area contributed by atoms with Crippen LogP contribution in [-0.4, -0.2) is 0 Å². The lowest BCUT2D eigenvalue weighted by Gasteiger charge is -1.83. The normalized spacial score (nSPS) is 7.62. The molecule has 1 nitrogen and oxygen atoms in total. The zero-order valence-corrected chi connectivity index (χ0v) is 5.44. The summed E-state index contributed by atoms with van der Waals surface area (Å²) in [6.45, 7) is 4.08. The molecule has 0 bridgehead atoms. The second-order valence-corrected chi connectivity index (χ2v) is 1.98. The number of hydrogen-bond donors (Lipinski definition) is 0. The van der Waals surface area contributed by atoms with Crippen LogP contribution in [-0.2, 0) is 0 Å². The van der Waals surface area contributed by atoms with E-state index in [0.717, 1.165) is 6.42 Å². The molecular formula is C7H11N. The molecule has 0 aromatic carbocycles. The Morgan fingerprint density at radius 1 is 1.62 bits per heavy atom. The van der Waals surface area contributed by atoms with Crippen molar-refractivity contribution < 1.29 is 0 Å². The molecule has 0 heterocycles. The number of unbranched alkanes of at least 4 members (excludes halogenated alkanes) is 1. The Hall–Kier alpha value is -0.770. The van der Waals surface area contributed by atoms with Crippen molar-refractivity contribution in [2.24, 2.45) is 0 Å². The maximum atomic E-state index is 8.10. The Kier molecular flexibility index (Phi) is 3.97. The number of hydrogen-bond acceptors (Lipinski definition) is 1. The third-order valence-corrected chi connectivity index (χ3v) is 0.809. The van der Waals surface area contributed by atoms with Gasteiger partial charge in [0.1, 0.15) is 0 Å². The van der Waals surface area contributed by atoms with E-state index in [4.69, 9.17) is 5.26 Å². The molecule has 0 radical (unpaired) electrons. The fraction of sp³-hybridized carbons (Fsp3) is 0.571. The SMILES string of the molecule is CC(C)=C[13CH2]CC#N. The molecule has 8 heavy (non-hydrogen) atoms. The number of nitrogens with zero attached hydrogens (tertiary/aromatic N) is 1. The highest BCUT2D eigenvalue weighted by Gasteiger charge is 1.77. The van der Waals surface area contributed by atoms with Crippen molar-refractivity contribution in [3.8, 4) is 6.07 Å². The topological polar surface area (TPSA) is 23.8 Å². The third kappa shape index (κ3) is 5.23. The summed E-state index contributed by atoms with van der Waals surface area (Å²) in [6.07, 6.45) is 3.62. The van der Waals surface area contributed by atoms with Crippen LogP contribution in [0.2, 0.25) is 0 Å². The van der Waals surface area contributed by atoms with Gasteiger partial charge in [-0.3, -0.25) is 0 Å². The van der Waals surface area contributed by atoms with Crippen molar-refractivity contribution in [1.82, 2.24) is 0 Å². The van der Waals surface area contributed by atoms with Crippen molar-refractivity contribution >= 4 is 0 Å². The van der Waals surface area contributed by atoms with E-state index in [1.165, 1.54) is 5.57 Å². The first-order valence-corrected chi connectivity index (χ1v) is 2.77. The molecule has 44 valence electrons. The lowest BCUT2D eigenvalue weighted by Crippen LogP contribution is -1.66. The summed E-state index contributed by atoms with van der Waals surface area (Å²) in [6, 6.07) is 2.08. The van der Waals surface area contributed by atoms with Crippen LogP contribution in [0.25, 0.3) is 0 Å². The van der Waals surface area contributed by atoms with Crippen LogP contribution < -0.4 is 0 Å². The molecule has 0 saturated carbocycles. The van der Waals surface area contributed by atoms with Gasteiger partial charge in [0, 0.05) is 6.42 Å². The fourth-order valence-electron chi connectivity index (χ4n) is 0.425. The summed E-state index contributed by atoms with van der Waals surface area (Å²) < 4.78 is 0. The van der Waals surface area contributed by atoms with E-state index in [9.17, 15) is 0 Å². The summed E-state index contributed by atoms with van der Waals surface area (Å²) in [5.41, 5.74) is 1.29. The lowest BCUT2D eigenvalue weighted by atomic mass is 10.3. The smallest absolute Gasteiger partial charge is 0.0625 e. The molecular weight excluding hydrogens is 99.1 g/mol. The monoisotopic (exact) mass is 110 g/mol. The standard InChI is InChI=1S/C7H11N/c1-7(2)5-3-4-6-8/h5H,3-4H2,1-2H3/i3+1. The molecule has 0 N–H and O–H groups in total. The van der Waals surface area contributed by atoms with E-state index in [0.29, 0.717) is 6.42 Å². The van der Waals surface area contributed by atoms with Crippen LogP contribution in [0.5, 0.6) is 0 Å². The van der Waals surface area contributed by atoms with Gasteiger partial charge in [-0.15, -0.1) is 0 Å². The molecule has 0 spiro atoms. The van der Waals surface area contributed by atoms with Crippen LogP contribution in [0.15, 0.2) is 11.6 Å². The Morgan fingerprint density at radius 2 is 2.25 bits per heavy atom. The molecule has 0 saturated heterocycles. The van der Waals surface area contributed by atoms with Gasteiger partial charge in [0.05, 0.1) is 6.07 Å². The molecule has 0 aliphatic carbocycles. The zero-order valence-electron chi connectivity index (χ0n) is 5.44. The van der Waals surface area contributed by atoms with Gasteiger partial charge in [-0.1, -0.05) is 11.6 Å². The second-order valence-electron chi connectivity index (χ2n) is 1.98. The summed E-state index contributed by atoms with van der Waals surface area (Å²) in [5, 5.41) is 8.10. The molecule has 0 unspecified atom stereocenters. The molecule has 0 amide bonds. The van der Waals surface area contributed by atoms with Gasteiger partial charge in [-0.2, -0.15) is 5.26 Å². The van der Waals surface area contributed by atoms with Gasteiger partial charge in [0.25, 0.3) is 0 Å².